The lowest BCUT2D eigenvalue weighted by Crippen LogP contribution is -1.99. The van der Waals surface area contributed by atoms with Gasteiger partial charge in [0.2, 0.25) is 0 Å². The number of fused-ring (bicyclic) bond motifs is 1. The van der Waals surface area contributed by atoms with Crippen LogP contribution in [0.4, 0.5) is 0 Å². The molecule has 2 aromatic carbocycles. The minimum Gasteiger partial charge on any atom is -0.392 e. The Hall–Kier alpha value is -1.84. The fourth-order valence-electron chi connectivity index (χ4n) is 2.93. The summed E-state index contributed by atoms with van der Waals surface area (Å²) in [5.41, 5.74) is 7.15. The van der Waals surface area contributed by atoms with Crippen LogP contribution in [0.1, 0.15) is 22.3 Å². The van der Waals surface area contributed by atoms with Crippen molar-refractivity contribution in [2.75, 3.05) is 0 Å². The number of H-pyrrole nitrogens is 1. The van der Waals surface area contributed by atoms with E-state index in [1.165, 1.54) is 0 Å². The first-order valence-corrected chi connectivity index (χ1v) is 7.25. The maximum atomic E-state index is 9.59. The van der Waals surface area contributed by atoms with Gasteiger partial charge < -0.3 is 10.1 Å². The summed E-state index contributed by atoms with van der Waals surface area (Å²) in [7, 11) is 0. The molecule has 4 heteroatoms. The van der Waals surface area contributed by atoms with Crippen LogP contribution in [-0.4, -0.2) is 15.1 Å². The van der Waals surface area contributed by atoms with Crippen LogP contribution in [0.3, 0.4) is 0 Å². The monoisotopic (exact) mass is 300 g/mol. The first kappa shape index (κ1) is 14.1. The molecule has 108 valence electrons. The molecule has 0 aliphatic carbocycles. The summed E-state index contributed by atoms with van der Waals surface area (Å²) in [6.07, 6.45) is 0. The normalized spacial score (nSPS) is 11.3. The van der Waals surface area contributed by atoms with Gasteiger partial charge in [-0.15, -0.1) is 0 Å². The van der Waals surface area contributed by atoms with Gasteiger partial charge in [0.15, 0.2) is 0 Å². The third kappa shape index (κ3) is 2.33. The fourth-order valence-corrected chi connectivity index (χ4v) is 3.11. The highest BCUT2D eigenvalue weighted by molar-refractivity contribution is 6.31. The molecule has 3 rings (SSSR count). The molecule has 0 amide bonds. The molecule has 1 heterocycles. The van der Waals surface area contributed by atoms with Crippen molar-refractivity contribution in [3.05, 3.63) is 51.5 Å². The van der Waals surface area contributed by atoms with Crippen molar-refractivity contribution in [3.63, 3.8) is 0 Å². The second-order valence-electron chi connectivity index (χ2n) is 5.39. The lowest BCUT2D eigenvalue weighted by Gasteiger charge is -2.14. The first-order chi connectivity index (χ1) is 10.0. The first-order valence-electron chi connectivity index (χ1n) is 6.87. The molecule has 0 radical (unpaired) electrons. The van der Waals surface area contributed by atoms with E-state index < -0.39 is 0 Å². The average molecular weight is 301 g/mol. The van der Waals surface area contributed by atoms with E-state index in [2.05, 4.69) is 23.0 Å². The van der Waals surface area contributed by atoms with E-state index in [9.17, 15) is 5.11 Å². The zero-order valence-corrected chi connectivity index (χ0v) is 13.0. The summed E-state index contributed by atoms with van der Waals surface area (Å²) >= 11 is 6.02. The molecular formula is C17H17ClN2O. The highest BCUT2D eigenvalue weighted by atomic mass is 35.5. The van der Waals surface area contributed by atoms with Crippen molar-refractivity contribution in [1.29, 1.82) is 0 Å². The van der Waals surface area contributed by atoms with Gasteiger partial charge in [0.1, 0.15) is 5.82 Å². The van der Waals surface area contributed by atoms with Gasteiger partial charge in [0, 0.05) is 10.6 Å². The Morgan fingerprint density at radius 2 is 1.90 bits per heavy atom. The van der Waals surface area contributed by atoms with E-state index in [0.29, 0.717) is 5.02 Å². The lowest BCUT2D eigenvalue weighted by atomic mass is 9.93. The van der Waals surface area contributed by atoms with Gasteiger partial charge in [0.05, 0.1) is 17.6 Å². The van der Waals surface area contributed by atoms with Gasteiger partial charge in [-0.05, 0) is 61.2 Å². The highest BCUT2D eigenvalue weighted by Crippen LogP contribution is 2.31. The van der Waals surface area contributed by atoms with Crippen molar-refractivity contribution >= 4 is 22.6 Å². The molecule has 0 spiro atoms. The number of aryl methyl sites for hydroxylation is 2. The maximum Gasteiger partial charge on any atom is 0.139 e. The fraction of sp³-hybridized carbons (Fsp3) is 0.235. The van der Waals surface area contributed by atoms with Crippen LogP contribution in [0, 0.1) is 20.8 Å². The molecular weight excluding hydrogens is 284 g/mol. The molecule has 0 bridgehead atoms. The number of hydrogen-bond donors (Lipinski definition) is 2. The Balaban J connectivity index is 2.27. The van der Waals surface area contributed by atoms with Crippen LogP contribution in [0.15, 0.2) is 24.3 Å². The summed E-state index contributed by atoms with van der Waals surface area (Å²) < 4.78 is 0. The third-order valence-corrected chi connectivity index (χ3v) is 4.20. The predicted octanol–water partition coefficient (Wildman–Crippen LogP) is 4.30. The van der Waals surface area contributed by atoms with Crippen LogP contribution in [0.25, 0.3) is 22.4 Å². The summed E-state index contributed by atoms with van der Waals surface area (Å²) in [6, 6.07) is 7.71. The quantitative estimate of drug-likeness (QED) is 0.741. The van der Waals surface area contributed by atoms with Crippen molar-refractivity contribution < 1.29 is 5.11 Å². The smallest absolute Gasteiger partial charge is 0.139 e. The summed E-state index contributed by atoms with van der Waals surface area (Å²) in [4.78, 5) is 7.98. The van der Waals surface area contributed by atoms with Crippen molar-refractivity contribution in [1.82, 2.24) is 9.97 Å². The SMILES string of the molecule is Cc1cc(C)c(-c2nc3ccc(Cl)cc3[nH]2)c(C)c1CO. The highest BCUT2D eigenvalue weighted by Gasteiger charge is 2.15. The number of benzene rings is 2. The predicted molar refractivity (Wildman–Crippen MR) is 86.7 cm³/mol. The molecule has 3 nitrogen and oxygen atoms in total. The van der Waals surface area contributed by atoms with E-state index in [-0.39, 0.29) is 6.61 Å². The molecule has 0 atom stereocenters. The topological polar surface area (TPSA) is 48.9 Å². The molecule has 0 aliphatic rings. The average Bonchev–Trinajstić information content (AvgIpc) is 2.80. The van der Waals surface area contributed by atoms with Crippen LogP contribution in [-0.2, 0) is 6.61 Å². The van der Waals surface area contributed by atoms with Gasteiger partial charge >= 0.3 is 0 Å². The molecule has 3 aromatic rings. The minimum atomic E-state index is 0.0387. The number of halogens is 1. The zero-order chi connectivity index (χ0) is 15.1. The molecule has 0 saturated heterocycles. The zero-order valence-electron chi connectivity index (χ0n) is 12.3. The molecule has 0 fully saturated rings. The number of imidazole rings is 1. The number of nitrogens with one attached hydrogen (secondary N) is 1. The van der Waals surface area contributed by atoms with Crippen molar-refractivity contribution in [3.8, 4) is 11.4 Å². The second-order valence-corrected chi connectivity index (χ2v) is 5.83. The van der Waals surface area contributed by atoms with Crippen LogP contribution in [0.5, 0.6) is 0 Å². The standard InChI is InChI=1S/C17H17ClN2O/c1-9-6-10(2)16(11(3)13(9)8-21)17-19-14-5-4-12(18)7-15(14)20-17/h4-7,21H,8H2,1-3H3,(H,19,20). The van der Waals surface area contributed by atoms with Gasteiger partial charge in [-0.2, -0.15) is 0 Å². The minimum absolute atomic E-state index is 0.0387. The largest absolute Gasteiger partial charge is 0.392 e. The summed E-state index contributed by atoms with van der Waals surface area (Å²) in [5, 5.41) is 10.3. The summed E-state index contributed by atoms with van der Waals surface area (Å²) in [6.45, 7) is 6.16. The number of aromatic amines is 1. The van der Waals surface area contributed by atoms with Gasteiger partial charge in [-0.1, -0.05) is 17.7 Å². The Bertz CT molecular complexity index is 836. The van der Waals surface area contributed by atoms with Crippen molar-refractivity contribution in [2.45, 2.75) is 27.4 Å². The molecule has 0 saturated carbocycles. The van der Waals surface area contributed by atoms with Crippen LogP contribution >= 0.6 is 11.6 Å². The van der Waals surface area contributed by atoms with E-state index in [4.69, 9.17) is 11.6 Å². The van der Waals surface area contributed by atoms with Crippen LogP contribution in [0.2, 0.25) is 5.02 Å². The number of rotatable bonds is 2. The number of nitrogens with zero attached hydrogens (tertiary/aromatic N) is 1. The van der Waals surface area contributed by atoms with Crippen molar-refractivity contribution in [2.24, 2.45) is 0 Å². The Labute approximate surface area is 128 Å². The Kier molecular flexibility index (Phi) is 3.47. The van der Waals surface area contributed by atoms with E-state index >= 15 is 0 Å². The lowest BCUT2D eigenvalue weighted by molar-refractivity contribution is 0.280. The second kappa shape index (κ2) is 5.17. The van der Waals surface area contributed by atoms with Crippen LogP contribution < -0.4 is 0 Å². The van der Waals surface area contributed by atoms with E-state index in [1.807, 2.05) is 32.0 Å². The number of hydrogen-bond acceptors (Lipinski definition) is 2. The Morgan fingerprint density at radius 1 is 1.14 bits per heavy atom. The molecule has 0 aliphatic heterocycles. The third-order valence-electron chi connectivity index (χ3n) is 3.97. The van der Waals surface area contributed by atoms with Gasteiger partial charge in [-0.3, -0.25) is 0 Å². The number of aliphatic hydroxyl groups is 1. The number of aromatic nitrogens is 2. The molecule has 1 aromatic heterocycles. The number of aliphatic hydroxyl groups excluding tert-OH is 1. The summed E-state index contributed by atoms with van der Waals surface area (Å²) in [5.74, 6) is 0.817. The van der Waals surface area contributed by atoms with Gasteiger partial charge in [0.25, 0.3) is 0 Å². The van der Waals surface area contributed by atoms with Gasteiger partial charge in [-0.25, -0.2) is 4.98 Å². The maximum absolute atomic E-state index is 9.59. The molecule has 21 heavy (non-hydrogen) atoms. The molecule has 0 unspecified atom stereocenters. The molecule has 2 N–H and O–H groups in total. The Morgan fingerprint density at radius 3 is 2.62 bits per heavy atom. The van der Waals surface area contributed by atoms with E-state index in [1.54, 1.807) is 0 Å². The van der Waals surface area contributed by atoms with E-state index in [0.717, 1.165) is 44.7 Å².